The molecule has 0 aliphatic carbocycles. The summed E-state index contributed by atoms with van der Waals surface area (Å²) in [7, 11) is 0. The molecule has 3 rings (SSSR count). The Morgan fingerprint density at radius 3 is 2.59 bits per heavy atom. The second-order valence-electron chi connectivity index (χ2n) is 6.64. The minimum absolute atomic E-state index is 0.236. The zero-order valence-corrected chi connectivity index (χ0v) is 16.0. The smallest absolute Gasteiger partial charge is 0.330 e. The molecule has 0 fully saturated rings. The van der Waals surface area contributed by atoms with Crippen molar-refractivity contribution in [2.45, 2.75) is 26.4 Å². The van der Waals surface area contributed by atoms with Crippen molar-refractivity contribution in [1.29, 1.82) is 0 Å². The lowest BCUT2D eigenvalue weighted by Gasteiger charge is -2.25. The molecule has 0 spiro atoms. The van der Waals surface area contributed by atoms with Crippen LogP contribution in [0.15, 0.2) is 59.5 Å². The van der Waals surface area contributed by atoms with Gasteiger partial charge in [-0.05, 0) is 57.2 Å². The highest BCUT2D eigenvalue weighted by molar-refractivity contribution is 6.30. The monoisotopic (exact) mass is 385 g/mol. The van der Waals surface area contributed by atoms with E-state index in [1.165, 1.54) is 4.57 Å². The number of carbonyl (C=O) groups is 1. The molecule has 0 saturated heterocycles. The van der Waals surface area contributed by atoms with Crippen LogP contribution >= 0.6 is 11.6 Å². The second-order valence-corrected chi connectivity index (χ2v) is 7.08. The number of nitrogens with zero attached hydrogens (tertiary/aromatic N) is 1. The van der Waals surface area contributed by atoms with Crippen molar-refractivity contribution in [2.24, 2.45) is 0 Å². The Morgan fingerprint density at radius 1 is 1.19 bits per heavy atom. The van der Waals surface area contributed by atoms with Crippen LogP contribution in [0.5, 0.6) is 5.75 Å². The van der Waals surface area contributed by atoms with Crippen molar-refractivity contribution < 1.29 is 9.53 Å². The third-order valence-corrected chi connectivity index (χ3v) is 4.27. The van der Waals surface area contributed by atoms with Crippen LogP contribution in [0.2, 0.25) is 5.02 Å². The Balaban J connectivity index is 1.79. The maximum atomic E-state index is 12.7. The van der Waals surface area contributed by atoms with Gasteiger partial charge in [-0.15, -0.1) is 0 Å². The van der Waals surface area contributed by atoms with Gasteiger partial charge in [0.15, 0.2) is 5.60 Å². The fourth-order valence-corrected chi connectivity index (χ4v) is 2.83. The van der Waals surface area contributed by atoms with Crippen LogP contribution in [-0.4, -0.2) is 21.1 Å². The first kappa shape index (κ1) is 18.8. The number of aromatic amines is 1. The number of hydrogen-bond donors (Lipinski definition) is 2. The molecule has 0 radical (unpaired) electrons. The van der Waals surface area contributed by atoms with E-state index in [1.54, 1.807) is 68.6 Å². The number of aryl methyl sites for hydroxylation is 1. The number of aromatic nitrogens is 2. The number of hydrogen-bond acceptors (Lipinski definition) is 3. The van der Waals surface area contributed by atoms with Crippen molar-refractivity contribution in [3.63, 3.8) is 0 Å². The molecular weight excluding hydrogens is 366 g/mol. The lowest BCUT2D eigenvalue weighted by atomic mass is 10.1. The van der Waals surface area contributed by atoms with Gasteiger partial charge in [0.1, 0.15) is 5.75 Å². The predicted octanol–water partition coefficient (Wildman–Crippen LogP) is 3.92. The molecule has 0 unspecified atom stereocenters. The van der Waals surface area contributed by atoms with Crippen molar-refractivity contribution in [2.75, 3.05) is 5.32 Å². The van der Waals surface area contributed by atoms with E-state index in [1.807, 2.05) is 6.92 Å². The number of nitrogens with one attached hydrogen (secondary N) is 2. The maximum absolute atomic E-state index is 12.7. The maximum Gasteiger partial charge on any atom is 0.330 e. The van der Waals surface area contributed by atoms with Crippen molar-refractivity contribution in [3.05, 3.63) is 75.9 Å². The van der Waals surface area contributed by atoms with Crippen molar-refractivity contribution in [3.8, 4) is 11.4 Å². The number of anilines is 1. The number of imidazole rings is 1. The van der Waals surface area contributed by atoms with Crippen molar-refractivity contribution in [1.82, 2.24) is 9.55 Å². The number of carbonyl (C=O) groups excluding carboxylic acids is 1. The standard InChI is InChI=1S/C20H20ClN3O3/c1-13-12-22-19(26)24(13)16-8-5-7-15(11-16)23-18(25)20(2,3)27-17-9-4-6-14(21)10-17/h4-12H,1-3H3,(H,22,26)(H,23,25). The molecule has 1 amide bonds. The first-order chi connectivity index (χ1) is 12.8. The minimum atomic E-state index is -1.12. The van der Waals surface area contributed by atoms with Gasteiger partial charge >= 0.3 is 5.69 Å². The molecule has 0 bridgehead atoms. The van der Waals surface area contributed by atoms with Gasteiger partial charge < -0.3 is 15.0 Å². The Labute approximate surface area is 161 Å². The van der Waals surface area contributed by atoms with Gasteiger partial charge in [0.05, 0.1) is 5.69 Å². The topological polar surface area (TPSA) is 76.1 Å². The first-order valence-electron chi connectivity index (χ1n) is 8.40. The third-order valence-electron chi connectivity index (χ3n) is 4.04. The molecule has 0 aliphatic heterocycles. The fourth-order valence-electron chi connectivity index (χ4n) is 2.65. The zero-order chi connectivity index (χ0) is 19.6. The largest absolute Gasteiger partial charge is 0.478 e. The average molecular weight is 386 g/mol. The van der Waals surface area contributed by atoms with E-state index in [2.05, 4.69) is 10.3 Å². The number of benzene rings is 2. The quantitative estimate of drug-likeness (QED) is 0.698. The van der Waals surface area contributed by atoms with Gasteiger partial charge in [0.2, 0.25) is 0 Å². The molecule has 140 valence electrons. The fraction of sp³-hybridized carbons (Fsp3) is 0.200. The SMILES string of the molecule is Cc1c[nH]c(=O)n1-c1cccc(NC(=O)C(C)(C)Oc2cccc(Cl)c2)c1. The summed E-state index contributed by atoms with van der Waals surface area (Å²) >= 11 is 5.96. The van der Waals surface area contributed by atoms with E-state index in [4.69, 9.17) is 16.3 Å². The van der Waals surface area contributed by atoms with E-state index in [-0.39, 0.29) is 11.6 Å². The summed E-state index contributed by atoms with van der Waals surface area (Å²) in [4.78, 5) is 27.3. The van der Waals surface area contributed by atoms with Crippen LogP contribution in [0.3, 0.4) is 0 Å². The molecule has 6 nitrogen and oxygen atoms in total. The lowest BCUT2D eigenvalue weighted by molar-refractivity contribution is -0.128. The molecule has 0 saturated carbocycles. The van der Waals surface area contributed by atoms with Gasteiger partial charge in [-0.1, -0.05) is 23.7 Å². The van der Waals surface area contributed by atoms with Gasteiger partial charge in [-0.3, -0.25) is 9.36 Å². The first-order valence-corrected chi connectivity index (χ1v) is 8.77. The number of halogens is 1. The Hall–Kier alpha value is -2.99. The molecule has 2 N–H and O–H groups in total. The summed E-state index contributed by atoms with van der Waals surface area (Å²) in [5.74, 6) is 0.184. The van der Waals surface area contributed by atoms with Gasteiger partial charge in [0.25, 0.3) is 5.91 Å². The van der Waals surface area contributed by atoms with Crippen LogP contribution in [0, 0.1) is 6.92 Å². The van der Waals surface area contributed by atoms with Crippen molar-refractivity contribution >= 4 is 23.2 Å². The third kappa shape index (κ3) is 4.23. The molecule has 0 atom stereocenters. The summed E-state index contributed by atoms with van der Waals surface area (Å²) in [6.45, 7) is 5.17. The zero-order valence-electron chi connectivity index (χ0n) is 15.2. The number of H-pyrrole nitrogens is 1. The van der Waals surface area contributed by atoms with Gasteiger partial charge in [-0.2, -0.15) is 0 Å². The normalized spacial score (nSPS) is 11.3. The highest BCUT2D eigenvalue weighted by Gasteiger charge is 2.30. The number of ether oxygens (including phenoxy) is 1. The summed E-state index contributed by atoms with van der Waals surface area (Å²) in [5.41, 5.74) is 0.633. The van der Waals surface area contributed by atoms with Gasteiger partial charge in [-0.25, -0.2) is 4.79 Å². The summed E-state index contributed by atoms with van der Waals surface area (Å²) < 4.78 is 7.33. The molecule has 7 heteroatoms. The molecule has 1 aromatic heterocycles. The van der Waals surface area contributed by atoms with Gasteiger partial charge in [0, 0.05) is 22.6 Å². The number of rotatable bonds is 5. The van der Waals surface area contributed by atoms with Crippen LogP contribution in [-0.2, 0) is 4.79 Å². The molecule has 3 aromatic rings. The lowest BCUT2D eigenvalue weighted by Crippen LogP contribution is -2.42. The van der Waals surface area contributed by atoms with E-state index >= 15 is 0 Å². The van der Waals surface area contributed by atoms with Crippen LogP contribution in [0.4, 0.5) is 5.69 Å². The predicted molar refractivity (Wildman–Crippen MR) is 106 cm³/mol. The van der Waals surface area contributed by atoms with E-state index < -0.39 is 5.60 Å². The highest BCUT2D eigenvalue weighted by Crippen LogP contribution is 2.23. The molecule has 27 heavy (non-hydrogen) atoms. The molecule has 1 heterocycles. The number of amides is 1. The van der Waals surface area contributed by atoms with E-state index in [0.717, 1.165) is 5.69 Å². The molecule has 2 aromatic carbocycles. The summed E-state index contributed by atoms with van der Waals surface area (Å²) in [6.07, 6.45) is 1.63. The second kappa shape index (κ2) is 7.32. The van der Waals surface area contributed by atoms with Crippen LogP contribution in [0.1, 0.15) is 19.5 Å². The molecule has 0 aliphatic rings. The average Bonchev–Trinajstić information content (AvgIpc) is 2.93. The van der Waals surface area contributed by atoms with E-state index in [9.17, 15) is 9.59 Å². The highest BCUT2D eigenvalue weighted by atomic mass is 35.5. The van der Waals surface area contributed by atoms with Crippen LogP contribution in [0.25, 0.3) is 5.69 Å². The van der Waals surface area contributed by atoms with Crippen LogP contribution < -0.4 is 15.7 Å². The van der Waals surface area contributed by atoms with E-state index in [0.29, 0.717) is 22.1 Å². The Morgan fingerprint density at radius 2 is 1.93 bits per heavy atom. The summed E-state index contributed by atoms with van der Waals surface area (Å²) in [6, 6.07) is 13.9. The minimum Gasteiger partial charge on any atom is -0.478 e. The Bertz CT molecular complexity index is 1040. The molecular formula is C20H20ClN3O3. The summed E-state index contributed by atoms with van der Waals surface area (Å²) in [5, 5.41) is 3.37. The Kier molecular flexibility index (Phi) is 5.10.